The van der Waals surface area contributed by atoms with Crippen molar-refractivity contribution in [2.45, 2.75) is 23.4 Å². The topological polar surface area (TPSA) is 84.5 Å². The molecule has 0 radical (unpaired) electrons. The second-order valence-electron chi connectivity index (χ2n) is 4.35. The molecule has 1 aromatic carbocycles. The van der Waals surface area contributed by atoms with Crippen molar-refractivity contribution in [1.29, 1.82) is 0 Å². The van der Waals surface area contributed by atoms with Gasteiger partial charge in [0.1, 0.15) is 6.04 Å². The van der Waals surface area contributed by atoms with E-state index < -0.39 is 16.1 Å². The van der Waals surface area contributed by atoms with Crippen LogP contribution in [0.4, 0.5) is 0 Å². The standard InChI is InChI=1S/C12H16N2O4S/c1-18-12(15)11-7-9(8-13-11)14-19(16,17)10-5-3-2-4-6-10/h2-6,9,11,13-14H,7-8H2,1H3. The van der Waals surface area contributed by atoms with Crippen LogP contribution in [0.2, 0.25) is 0 Å². The molecule has 1 saturated heterocycles. The quantitative estimate of drug-likeness (QED) is 0.752. The van der Waals surface area contributed by atoms with Gasteiger partial charge in [-0.25, -0.2) is 13.1 Å². The minimum Gasteiger partial charge on any atom is -0.468 e. The van der Waals surface area contributed by atoms with Crippen molar-refractivity contribution in [2.75, 3.05) is 13.7 Å². The zero-order chi connectivity index (χ0) is 13.9. The highest BCUT2D eigenvalue weighted by Gasteiger charge is 2.32. The fourth-order valence-electron chi connectivity index (χ4n) is 2.03. The van der Waals surface area contributed by atoms with Gasteiger partial charge in [0.05, 0.1) is 12.0 Å². The molecule has 1 aliphatic heterocycles. The molecule has 1 aliphatic rings. The van der Waals surface area contributed by atoms with Gasteiger partial charge in [-0.05, 0) is 18.6 Å². The van der Waals surface area contributed by atoms with E-state index in [2.05, 4.69) is 14.8 Å². The molecule has 19 heavy (non-hydrogen) atoms. The van der Waals surface area contributed by atoms with Gasteiger partial charge in [0, 0.05) is 12.6 Å². The summed E-state index contributed by atoms with van der Waals surface area (Å²) in [7, 11) is -2.23. The first-order valence-corrected chi connectivity index (χ1v) is 7.40. The lowest BCUT2D eigenvalue weighted by Gasteiger charge is -2.12. The third kappa shape index (κ3) is 3.31. The lowest BCUT2D eigenvalue weighted by atomic mass is 10.2. The molecular formula is C12H16N2O4S. The Kier molecular flexibility index (Phi) is 4.18. The van der Waals surface area contributed by atoms with Crippen LogP contribution >= 0.6 is 0 Å². The van der Waals surface area contributed by atoms with Crippen LogP contribution in [0.3, 0.4) is 0 Å². The van der Waals surface area contributed by atoms with Crippen molar-refractivity contribution in [3.63, 3.8) is 0 Å². The van der Waals surface area contributed by atoms with Crippen molar-refractivity contribution < 1.29 is 17.9 Å². The summed E-state index contributed by atoms with van der Waals surface area (Å²) in [5.74, 6) is -0.374. The Morgan fingerprint density at radius 3 is 2.68 bits per heavy atom. The van der Waals surface area contributed by atoms with E-state index in [1.165, 1.54) is 19.2 Å². The van der Waals surface area contributed by atoms with Gasteiger partial charge < -0.3 is 10.1 Å². The Morgan fingerprint density at radius 1 is 1.37 bits per heavy atom. The van der Waals surface area contributed by atoms with Gasteiger partial charge in [-0.2, -0.15) is 0 Å². The van der Waals surface area contributed by atoms with Gasteiger partial charge in [-0.3, -0.25) is 4.79 Å². The van der Waals surface area contributed by atoms with Gasteiger partial charge in [0.15, 0.2) is 0 Å². The van der Waals surface area contributed by atoms with Gasteiger partial charge >= 0.3 is 5.97 Å². The average molecular weight is 284 g/mol. The Morgan fingerprint density at radius 2 is 2.05 bits per heavy atom. The van der Waals surface area contributed by atoms with Crippen LogP contribution in [0.25, 0.3) is 0 Å². The SMILES string of the molecule is COC(=O)C1CC(NS(=O)(=O)c2ccccc2)CN1. The molecule has 6 nitrogen and oxygen atoms in total. The Hall–Kier alpha value is -1.44. The van der Waals surface area contributed by atoms with E-state index in [0.29, 0.717) is 13.0 Å². The van der Waals surface area contributed by atoms with Gasteiger partial charge in [-0.15, -0.1) is 0 Å². The Balaban J connectivity index is 2.01. The second-order valence-corrected chi connectivity index (χ2v) is 6.06. The van der Waals surface area contributed by atoms with Crippen LogP contribution in [0, 0.1) is 0 Å². The molecule has 2 rings (SSSR count). The highest BCUT2D eigenvalue weighted by molar-refractivity contribution is 7.89. The average Bonchev–Trinajstić information content (AvgIpc) is 2.86. The van der Waals surface area contributed by atoms with E-state index >= 15 is 0 Å². The first kappa shape index (κ1) is 14.0. The van der Waals surface area contributed by atoms with Crippen LogP contribution in [-0.2, 0) is 19.6 Å². The minimum atomic E-state index is -3.54. The maximum atomic E-state index is 12.1. The molecule has 1 aromatic rings. The van der Waals surface area contributed by atoms with Crippen molar-refractivity contribution >= 4 is 16.0 Å². The number of methoxy groups -OCH3 is 1. The normalized spacial score (nSPS) is 23.2. The fourth-order valence-corrected chi connectivity index (χ4v) is 3.30. The van der Waals surface area contributed by atoms with E-state index in [9.17, 15) is 13.2 Å². The predicted molar refractivity (Wildman–Crippen MR) is 69.0 cm³/mol. The highest BCUT2D eigenvalue weighted by atomic mass is 32.2. The maximum absolute atomic E-state index is 12.1. The summed E-state index contributed by atoms with van der Waals surface area (Å²) in [6, 6.07) is 7.38. The van der Waals surface area contributed by atoms with Crippen LogP contribution in [0.1, 0.15) is 6.42 Å². The minimum absolute atomic E-state index is 0.219. The summed E-state index contributed by atoms with van der Waals surface area (Å²) in [6.45, 7) is 0.409. The fraction of sp³-hybridized carbons (Fsp3) is 0.417. The molecule has 2 N–H and O–H groups in total. The number of carbonyl (C=O) groups excluding carboxylic acids is 1. The zero-order valence-corrected chi connectivity index (χ0v) is 11.3. The van der Waals surface area contributed by atoms with Crippen molar-refractivity contribution in [1.82, 2.24) is 10.0 Å². The largest absolute Gasteiger partial charge is 0.468 e. The van der Waals surface area contributed by atoms with E-state index in [1.54, 1.807) is 18.2 Å². The maximum Gasteiger partial charge on any atom is 0.322 e. The number of hydrogen-bond acceptors (Lipinski definition) is 5. The van der Waals surface area contributed by atoms with Crippen LogP contribution in [-0.4, -0.2) is 40.1 Å². The molecule has 0 bridgehead atoms. The third-order valence-corrected chi connectivity index (χ3v) is 4.53. The van der Waals surface area contributed by atoms with Crippen molar-refractivity contribution in [2.24, 2.45) is 0 Å². The molecule has 0 amide bonds. The molecule has 2 atom stereocenters. The molecule has 1 heterocycles. The summed E-state index contributed by atoms with van der Waals surface area (Å²) in [4.78, 5) is 11.6. The van der Waals surface area contributed by atoms with Crippen molar-refractivity contribution in [3.05, 3.63) is 30.3 Å². The number of hydrogen-bond donors (Lipinski definition) is 2. The summed E-state index contributed by atoms with van der Waals surface area (Å²) < 4.78 is 31.4. The Bertz CT molecular complexity index is 544. The van der Waals surface area contributed by atoms with Crippen LogP contribution in [0.5, 0.6) is 0 Å². The van der Waals surface area contributed by atoms with Gasteiger partial charge in [-0.1, -0.05) is 18.2 Å². The first-order chi connectivity index (χ1) is 9.03. The number of ether oxygens (including phenoxy) is 1. The van der Waals surface area contributed by atoms with E-state index in [0.717, 1.165) is 0 Å². The molecule has 0 aliphatic carbocycles. The highest BCUT2D eigenvalue weighted by Crippen LogP contribution is 2.13. The first-order valence-electron chi connectivity index (χ1n) is 5.91. The van der Waals surface area contributed by atoms with E-state index in [-0.39, 0.29) is 16.9 Å². The number of rotatable bonds is 4. The number of esters is 1. The second kappa shape index (κ2) is 5.68. The number of carbonyl (C=O) groups is 1. The lowest BCUT2D eigenvalue weighted by molar-refractivity contribution is -0.142. The molecule has 0 saturated carbocycles. The number of sulfonamides is 1. The molecular weight excluding hydrogens is 268 g/mol. The smallest absolute Gasteiger partial charge is 0.322 e. The molecule has 1 fully saturated rings. The lowest BCUT2D eigenvalue weighted by Crippen LogP contribution is -2.36. The summed E-state index contributed by atoms with van der Waals surface area (Å²) in [5.41, 5.74) is 0. The van der Waals surface area contributed by atoms with E-state index in [1.807, 2.05) is 0 Å². The molecule has 2 unspecified atom stereocenters. The molecule has 0 aromatic heterocycles. The summed E-state index contributed by atoms with van der Waals surface area (Å²) >= 11 is 0. The number of nitrogens with one attached hydrogen (secondary N) is 2. The van der Waals surface area contributed by atoms with Gasteiger partial charge in [0.25, 0.3) is 0 Å². The van der Waals surface area contributed by atoms with Crippen LogP contribution in [0.15, 0.2) is 35.2 Å². The monoisotopic (exact) mass is 284 g/mol. The summed E-state index contributed by atoms with van der Waals surface area (Å²) in [6.07, 6.45) is 0.388. The number of benzene rings is 1. The van der Waals surface area contributed by atoms with Crippen LogP contribution < -0.4 is 10.0 Å². The van der Waals surface area contributed by atoms with Crippen molar-refractivity contribution in [3.8, 4) is 0 Å². The predicted octanol–water partition coefficient (Wildman–Crippen LogP) is -0.132. The van der Waals surface area contributed by atoms with E-state index in [4.69, 9.17) is 0 Å². The zero-order valence-electron chi connectivity index (χ0n) is 10.5. The molecule has 104 valence electrons. The summed E-state index contributed by atoms with van der Waals surface area (Å²) in [5, 5.41) is 2.93. The molecule has 7 heteroatoms. The van der Waals surface area contributed by atoms with Gasteiger partial charge in [0.2, 0.25) is 10.0 Å². The third-order valence-electron chi connectivity index (χ3n) is 2.99. The Labute approximate surface area is 112 Å². The molecule has 0 spiro atoms.